The second kappa shape index (κ2) is 6.49. The average Bonchev–Trinajstić information content (AvgIpc) is 2.38. The number of carbonyl (C=O) groups excluding carboxylic acids is 1. The summed E-state index contributed by atoms with van der Waals surface area (Å²) in [6.07, 6.45) is 1.50. The van der Waals surface area contributed by atoms with Crippen LogP contribution in [0.1, 0.15) is 18.9 Å². The van der Waals surface area contributed by atoms with E-state index >= 15 is 0 Å². The lowest BCUT2D eigenvalue weighted by Gasteiger charge is -2.04. The lowest BCUT2D eigenvalue weighted by molar-refractivity contribution is -0.135. The van der Waals surface area contributed by atoms with Crippen LogP contribution in [0.5, 0.6) is 0 Å². The van der Waals surface area contributed by atoms with Crippen LogP contribution in [0, 0.1) is 11.3 Å². The van der Waals surface area contributed by atoms with E-state index in [0.29, 0.717) is 6.42 Å². The Morgan fingerprint density at radius 3 is 2.53 bits per heavy atom. The van der Waals surface area contributed by atoms with Gasteiger partial charge in [0.15, 0.2) is 0 Å². The Morgan fingerprint density at radius 1 is 1.35 bits per heavy atom. The second-order valence-corrected chi connectivity index (χ2v) is 3.74. The van der Waals surface area contributed by atoms with Crippen LogP contribution in [0.3, 0.4) is 0 Å². The molecule has 0 saturated carbocycles. The molecule has 0 N–H and O–H groups in total. The number of nitrogens with zero attached hydrogens (tertiary/aromatic N) is 1. The first-order valence-electron chi connectivity index (χ1n) is 5.41. The molecule has 0 fully saturated rings. The van der Waals surface area contributed by atoms with Gasteiger partial charge in [-0.2, -0.15) is 5.26 Å². The van der Waals surface area contributed by atoms with Gasteiger partial charge in [-0.1, -0.05) is 30.3 Å². The van der Waals surface area contributed by atoms with Gasteiger partial charge in [-0.3, -0.25) is 0 Å². The van der Waals surface area contributed by atoms with Gasteiger partial charge in [-0.25, -0.2) is 4.79 Å². The van der Waals surface area contributed by atoms with Crippen LogP contribution in [0.2, 0.25) is 0 Å². The summed E-state index contributed by atoms with van der Waals surface area (Å²) in [6.45, 7) is 1.79. The third-order valence-corrected chi connectivity index (χ3v) is 2.56. The first-order chi connectivity index (χ1) is 8.19. The molecule has 0 aliphatic carbocycles. The van der Waals surface area contributed by atoms with E-state index in [1.807, 2.05) is 36.4 Å². The predicted octanol–water partition coefficient (Wildman–Crippen LogP) is 2.63. The lowest BCUT2D eigenvalue weighted by atomic mass is 10.0. The summed E-state index contributed by atoms with van der Waals surface area (Å²) >= 11 is 0. The molecule has 0 aliphatic heterocycles. The van der Waals surface area contributed by atoms with E-state index in [1.165, 1.54) is 12.7 Å². The molecule has 1 rings (SSSR count). The summed E-state index contributed by atoms with van der Waals surface area (Å²) in [5, 5.41) is 8.89. The molecule has 0 heterocycles. The third-order valence-electron chi connectivity index (χ3n) is 2.56. The second-order valence-electron chi connectivity index (χ2n) is 3.74. The number of hydrogen-bond acceptors (Lipinski definition) is 3. The summed E-state index contributed by atoms with van der Waals surface area (Å²) in [5.74, 6) is -0.557. The van der Waals surface area contributed by atoms with Crippen molar-refractivity contribution >= 4 is 5.97 Å². The number of nitriles is 1. The number of benzene rings is 1. The van der Waals surface area contributed by atoms with Gasteiger partial charge in [0.2, 0.25) is 0 Å². The highest BCUT2D eigenvalue weighted by Crippen LogP contribution is 2.13. The minimum absolute atomic E-state index is 0.114. The highest BCUT2D eigenvalue weighted by atomic mass is 16.5. The van der Waals surface area contributed by atoms with Crippen molar-refractivity contribution in [3.8, 4) is 6.07 Å². The van der Waals surface area contributed by atoms with E-state index < -0.39 is 5.97 Å². The smallest absolute Gasteiger partial charge is 0.348 e. The Hall–Kier alpha value is -2.08. The maximum atomic E-state index is 11.3. The molecule has 3 heteroatoms. The molecular formula is C14H15NO2. The number of ether oxygens (including phenoxy) is 1. The largest absolute Gasteiger partial charge is 0.465 e. The standard InChI is InChI=1S/C14H15NO2/c1-11(13(10-15)14(16)17-2)8-9-12-6-4-3-5-7-12/h3-7H,8-9H2,1-2H3. The number of esters is 1. The minimum Gasteiger partial charge on any atom is -0.465 e. The van der Waals surface area contributed by atoms with E-state index in [2.05, 4.69) is 4.74 Å². The van der Waals surface area contributed by atoms with Crippen LogP contribution >= 0.6 is 0 Å². The molecule has 1 aromatic carbocycles. The Labute approximate surface area is 101 Å². The maximum Gasteiger partial charge on any atom is 0.348 e. The van der Waals surface area contributed by atoms with Crippen LogP contribution < -0.4 is 0 Å². The molecule has 0 atom stereocenters. The van der Waals surface area contributed by atoms with Gasteiger partial charge in [0.05, 0.1) is 7.11 Å². The van der Waals surface area contributed by atoms with Crippen molar-refractivity contribution < 1.29 is 9.53 Å². The first-order valence-corrected chi connectivity index (χ1v) is 5.41. The lowest BCUT2D eigenvalue weighted by Crippen LogP contribution is -2.05. The zero-order valence-corrected chi connectivity index (χ0v) is 10.1. The normalized spacial score (nSPS) is 11.4. The van der Waals surface area contributed by atoms with Crippen molar-refractivity contribution in [2.45, 2.75) is 19.8 Å². The molecule has 0 aliphatic rings. The van der Waals surface area contributed by atoms with Crippen LogP contribution in [-0.4, -0.2) is 13.1 Å². The Bertz CT molecular complexity index is 455. The highest BCUT2D eigenvalue weighted by Gasteiger charge is 2.12. The highest BCUT2D eigenvalue weighted by molar-refractivity contribution is 5.93. The summed E-state index contributed by atoms with van der Waals surface area (Å²) in [7, 11) is 1.28. The van der Waals surface area contributed by atoms with Crippen molar-refractivity contribution in [3.05, 3.63) is 47.0 Å². The van der Waals surface area contributed by atoms with E-state index in [4.69, 9.17) is 5.26 Å². The first kappa shape index (κ1) is 13.0. The van der Waals surface area contributed by atoms with E-state index in [1.54, 1.807) is 6.92 Å². The molecule has 88 valence electrons. The van der Waals surface area contributed by atoms with E-state index in [0.717, 1.165) is 12.0 Å². The Morgan fingerprint density at radius 2 is 2.00 bits per heavy atom. The van der Waals surface area contributed by atoms with Crippen molar-refractivity contribution in [3.63, 3.8) is 0 Å². The van der Waals surface area contributed by atoms with Crippen molar-refractivity contribution in [1.29, 1.82) is 5.26 Å². The van der Waals surface area contributed by atoms with Crippen LogP contribution in [0.25, 0.3) is 0 Å². The topological polar surface area (TPSA) is 50.1 Å². The summed E-state index contributed by atoms with van der Waals surface area (Å²) in [5.41, 5.74) is 2.07. The molecule has 0 saturated heterocycles. The number of aryl methyl sites for hydroxylation is 1. The van der Waals surface area contributed by atoms with Crippen molar-refractivity contribution in [2.24, 2.45) is 0 Å². The van der Waals surface area contributed by atoms with Gasteiger partial charge in [-0.15, -0.1) is 0 Å². The summed E-state index contributed by atoms with van der Waals surface area (Å²) in [4.78, 5) is 11.3. The van der Waals surface area contributed by atoms with Crippen LogP contribution in [-0.2, 0) is 16.0 Å². The zero-order chi connectivity index (χ0) is 12.7. The fourth-order valence-electron chi connectivity index (χ4n) is 1.52. The van der Waals surface area contributed by atoms with Gasteiger partial charge in [0, 0.05) is 0 Å². The monoisotopic (exact) mass is 229 g/mol. The minimum atomic E-state index is -0.557. The van der Waals surface area contributed by atoms with Crippen molar-refractivity contribution in [2.75, 3.05) is 7.11 Å². The molecule has 0 radical (unpaired) electrons. The SMILES string of the molecule is COC(=O)C(C#N)=C(C)CCc1ccccc1. The molecule has 17 heavy (non-hydrogen) atoms. The van der Waals surface area contributed by atoms with Gasteiger partial charge in [-0.05, 0) is 30.9 Å². The van der Waals surface area contributed by atoms with Gasteiger partial charge < -0.3 is 4.74 Å². The average molecular weight is 229 g/mol. The Kier molecular flexibility index (Phi) is 4.96. The molecule has 1 aromatic rings. The fourth-order valence-corrected chi connectivity index (χ4v) is 1.52. The molecule has 3 nitrogen and oxygen atoms in total. The number of allylic oxidation sites excluding steroid dienone is 1. The predicted molar refractivity (Wildman–Crippen MR) is 65.1 cm³/mol. The molecular weight excluding hydrogens is 214 g/mol. The quantitative estimate of drug-likeness (QED) is 0.453. The Balaban J connectivity index is 2.71. The van der Waals surface area contributed by atoms with Gasteiger partial charge in [0.25, 0.3) is 0 Å². The van der Waals surface area contributed by atoms with Gasteiger partial charge in [0.1, 0.15) is 11.6 Å². The van der Waals surface area contributed by atoms with Crippen molar-refractivity contribution in [1.82, 2.24) is 0 Å². The fraction of sp³-hybridized carbons (Fsp3) is 0.286. The maximum absolute atomic E-state index is 11.3. The zero-order valence-electron chi connectivity index (χ0n) is 10.1. The molecule has 0 unspecified atom stereocenters. The van der Waals surface area contributed by atoms with Crippen LogP contribution in [0.4, 0.5) is 0 Å². The van der Waals surface area contributed by atoms with Gasteiger partial charge >= 0.3 is 5.97 Å². The van der Waals surface area contributed by atoms with E-state index in [-0.39, 0.29) is 5.57 Å². The summed E-state index contributed by atoms with van der Waals surface area (Å²) < 4.78 is 4.56. The molecule has 0 aromatic heterocycles. The number of methoxy groups -OCH3 is 1. The van der Waals surface area contributed by atoms with Crippen LogP contribution in [0.15, 0.2) is 41.5 Å². The summed E-state index contributed by atoms with van der Waals surface area (Å²) in [6, 6.07) is 11.8. The molecule has 0 bridgehead atoms. The molecule has 0 amide bonds. The molecule has 0 spiro atoms. The number of carbonyl (C=O) groups is 1. The third kappa shape index (κ3) is 3.76. The number of rotatable bonds is 4. The van der Waals surface area contributed by atoms with E-state index in [9.17, 15) is 4.79 Å². The number of hydrogen-bond donors (Lipinski definition) is 0.